The Kier molecular flexibility index (Phi) is 3.32. The van der Waals surface area contributed by atoms with Crippen LogP contribution in [0.5, 0.6) is 0 Å². The molecule has 2 aliphatic heterocycles. The average Bonchev–Trinajstić information content (AvgIpc) is 3.31. The van der Waals surface area contributed by atoms with E-state index in [9.17, 15) is 4.79 Å². The summed E-state index contributed by atoms with van der Waals surface area (Å²) in [4.78, 5) is 24.3. The number of H-pyrrole nitrogens is 2. The molecule has 0 bridgehead atoms. The molecule has 2 aromatic heterocycles. The molecule has 2 saturated heterocycles. The molecule has 0 amide bonds. The normalized spacial score (nSPS) is 24.5. The zero-order valence-electron chi connectivity index (χ0n) is 13.1. The summed E-state index contributed by atoms with van der Waals surface area (Å²) >= 11 is 1.65. The van der Waals surface area contributed by atoms with Crippen LogP contribution in [-0.2, 0) is 4.74 Å². The summed E-state index contributed by atoms with van der Waals surface area (Å²) < 4.78 is 6.05. The largest absolute Gasteiger partial charge is 0.368 e. The summed E-state index contributed by atoms with van der Waals surface area (Å²) in [6.45, 7) is 2.94. The highest BCUT2D eigenvalue weighted by molar-refractivity contribution is 7.10. The van der Waals surface area contributed by atoms with Gasteiger partial charge in [0.15, 0.2) is 0 Å². The minimum absolute atomic E-state index is 0.0777. The average molecular weight is 342 g/mol. The number of rotatable bonds is 2. The first-order valence-corrected chi connectivity index (χ1v) is 9.18. The van der Waals surface area contributed by atoms with Crippen molar-refractivity contribution < 1.29 is 4.74 Å². The molecule has 0 aliphatic carbocycles. The molecule has 0 radical (unpaired) electrons. The molecule has 124 valence electrons. The van der Waals surface area contributed by atoms with Gasteiger partial charge in [-0.3, -0.25) is 4.90 Å². The van der Waals surface area contributed by atoms with Crippen molar-refractivity contribution in [2.45, 2.75) is 25.0 Å². The Morgan fingerprint density at radius 2 is 2.21 bits per heavy atom. The fraction of sp³-hybridized carbons (Fsp3) is 0.412. The van der Waals surface area contributed by atoms with Crippen molar-refractivity contribution in [3.05, 3.63) is 39.1 Å². The van der Waals surface area contributed by atoms with Crippen LogP contribution in [0.4, 0.5) is 0 Å². The number of hydrogen-bond acceptors (Lipinski definition) is 5. The van der Waals surface area contributed by atoms with E-state index in [1.54, 1.807) is 11.3 Å². The van der Waals surface area contributed by atoms with Crippen LogP contribution in [0.15, 0.2) is 28.4 Å². The summed E-state index contributed by atoms with van der Waals surface area (Å²) in [5.41, 5.74) is 3.38. The molecule has 7 heteroatoms. The SMILES string of the molecule is O=c1[nH]c2ccc(-c3csc([C@@H]4CN5CCC[C@H]5CO4)n3)cc2[nH]1. The van der Waals surface area contributed by atoms with Gasteiger partial charge in [0.25, 0.3) is 0 Å². The number of thiazole rings is 1. The zero-order valence-corrected chi connectivity index (χ0v) is 13.9. The lowest BCUT2D eigenvalue weighted by molar-refractivity contribution is -0.0502. The third-order valence-electron chi connectivity index (χ3n) is 5.00. The van der Waals surface area contributed by atoms with Crippen LogP contribution >= 0.6 is 11.3 Å². The lowest BCUT2D eigenvalue weighted by Crippen LogP contribution is -2.42. The molecule has 2 atom stereocenters. The summed E-state index contributed by atoms with van der Waals surface area (Å²) in [5, 5.41) is 3.11. The molecule has 2 fully saturated rings. The van der Waals surface area contributed by atoms with Crippen LogP contribution < -0.4 is 5.69 Å². The fourth-order valence-electron chi connectivity index (χ4n) is 3.73. The number of morpholine rings is 1. The number of aromatic nitrogens is 3. The summed E-state index contributed by atoms with van der Waals surface area (Å²) in [7, 11) is 0. The maximum absolute atomic E-state index is 11.4. The van der Waals surface area contributed by atoms with Gasteiger partial charge in [-0.15, -0.1) is 11.3 Å². The smallest absolute Gasteiger partial charge is 0.323 e. The van der Waals surface area contributed by atoms with Crippen molar-refractivity contribution in [3.8, 4) is 11.3 Å². The van der Waals surface area contributed by atoms with E-state index in [1.807, 2.05) is 18.2 Å². The second kappa shape index (κ2) is 5.54. The minimum Gasteiger partial charge on any atom is -0.368 e. The third kappa shape index (κ3) is 2.40. The number of ether oxygens (including phenoxy) is 1. The molecular weight excluding hydrogens is 324 g/mol. The molecule has 0 spiro atoms. The van der Waals surface area contributed by atoms with Gasteiger partial charge in [-0.2, -0.15) is 0 Å². The van der Waals surface area contributed by atoms with E-state index >= 15 is 0 Å². The molecule has 6 nitrogen and oxygen atoms in total. The van der Waals surface area contributed by atoms with Gasteiger partial charge < -0.3 is 14.7 Å². The number of aromatic amines is 2. The van der Waals surface area contributed by atoms with Gasteiger partial charge in [0.1, 0.15) is 11.1 Å². The Morgan fingerprint density at radius 1 is 1.29 bits per heavy atom. The topological polar surface area (TPSA) is 74.0 Å². The van der Waals surface area contributed by atoms with Crippen LogP contribution in [0.2, 0.25) is 0 Å². The molecule has 24 heavy (non-hydrogen) atoms. The van der Waals surface area contributed by atoms with Crippen molar-refractivity contribution in [2.24, 2.45) is 0 Å². The van der Waals surface area contributed by atoms with Gasteiger partial charge >= 0.3 is 5.69 Å². The van der Waals surface area contributed by atoms with Crippen LogP contribution in [-0.4, -0.2) is 45.6 Å². The molecular formula is C17H18N4O2S. The molecule has 4 heterocycles. The Labute approximate surface area is 142 Å². The quantitative estimate of drug-likeness (QED) is 0.750. The second-order valence-electron chi connectivity index (χ2n) is 6.52. The lowest BCUT2D eigenvalue weighted by atomic mass is 10.1. The van der Waals surface area contributed by atoms with Crippen LogP contribution in [0.25, 0.3) is 22.3 Å². The number of nitrogens with one attached hydrogen (secondary N) is 2. The van der Waals surface area contributed by atoms with E-state index in [0.29, 0.717) is 6.04 Å². The van der Waals surface area contributed by atoms with Crippen molar-refractivity contribution in [2.75, 3.05) is 19.7 Å². The van der Waals surface area contributed by atoms with E-state index in [2.05, 4.69) is 20.2 Å². The maximum atomic E-state index is 11.4. The van der Waals surface area contributed by atoms with E-state index < -0.39 is 0 Å². The molecule has 2 N–H and O–H groups in total. The number of nitrogens with zero attached hydrogens (tertiary/aromatic N) is 2. The van der Waals surface area contributed by atoms with Gasteiger partial charge in [-0.1, -0.05) is 6.07 Å². The van der Waals surface area contributed by atoms with Crippen LogP contribution in [0.1, 0.15) is 24.0 Å². The van der Waals surface area contributed by atoms with Gasteiger partial charge in [-0.25, -0.2) is 9.78 Å². The highest BCUT2D eigenvalue weighted by Gasteiger charge is 2.34. The molecule has 1 aromatic carbocycles. The lowest BCUT2D eigenvalue weighted by Gasteiger charge is -2.34. The summed E-state index contributed by atoms with van der Waals surface area (Å²) in [6, 6.07) is 6.47. The van der Waals surface area contributed by atoms with Crippen LogP contribution in [0.3, 0.4) is 0 Å². The van der Waals surface area contributed by atoms with Gasteiger partial charge in [0, 0.05) is 23.5 Å². The zero-order chi connectivity index (χ0) is 16.1. The maximum Gasteiger partial charge on any atom is 0.323 e. The number of hydrogen-bond donors (Lipinski definition) is 2. The first-order chi connectivity index (χ1) is 11.8. The molecule has 5 rings (SSSR count). The third-order valence-corrected chi connectivity index (χ3v) is 5.94. The number of fused-ring (bicyclic) bond motifs is 2. The monoisotopic (exact) mass is 342 g/mol. The van der Waals surface area contributed by atoms with E-state index in [0.717, 1.165) is 40.5 Å². The van der Waals surface area contributed by atoms with Crippen molar-refractivity contribution in [1.82, 2.24) is 19.9 Å². The van der Waals surface area contributed by atoms with E-state index in [1.165, 1.54) is 19.4 Å². The van der Waals surface area contributed by atoms with Crippen LogP contribution in [0, 0.1) is 0 Å². The van der Waals surface area contributed by atoms with Crippen molar-refractivity contribution in [3.63, 3.8) is 0 Å². The molecule has 0 unspecified atom stereocenters. The Hall–Kier alpha value is -1.96. The minimum atomic E-state index is -0.183. The van der Waals surface area contributed by atoms with Crippen molar-refractivity contribution in [1.29, 1.82) is 0 Å². The first kappa shape index (κ1) is 14.4. The Bertz CT molecular complexity index is 943. The molecule has 0 saturated carbocycles. The number of imidazole rings is 1. The Morgan fingerprint density at radius 3 is 3.17 bits per heavy atom. The summed E-state index contributed by atoms with van der Waals surface area (Å²) in [5.74, 6) is 0. The highest BCUT2D eigenvalue weighted by atomic mass is 32.1. The van der Waals surface area contributed by atoms with Gasteiger partial charge in [0.2, 0.25) is 0 Å². The van der Waals surface area contributed by atoms with Gasteiger partial charge in [0.05, 0.1) is 23.3 Å². The second-order valence-corrected chi connectivity index (χ2v) is 7.41. The van der Waals surface area contributed by atoms with E-state index in [4.69, 9.17) is 9.72 Å². The van der Waals surface area contributed by atoms with Crippen molar-refractivity contribution >= 4 is 22.4 Å². The predicted octanol–water partition coefficient (Wildman–Crippen LogP) is 2.52. The summed E-state index contributed by atoms with van der Waals surface area (Å²) in [6.07, 6.45) is 2.61. The number of benzene rings is 1. The Balaban J connectivity index is 1.42. The fourth-order valence-corrected chi connectivity index (χ4v) is 4.59. The predicted molar refractivity (Wildman–Crippen MR) is 93.3 cm³/mol. The van der Waals surface area contributed by atoms with Gasteiger partial charge in [-0.05, 0) is 31.5 Å². The highest BCUT2D eigenvalue weighted by Crippen LogP contribution is 2.33. The van der Waals surface area contributed by atoms with E-state index in [-0.39, 0.29) is 11.8 Å². The molecule has 2 aliphatic rings. The molecule has 3 aromatic rings. The first-order valence-electron chi connectivity index (χ1n) is 8.30. The standard InChI is InChI=1S/C17H18N4O2S/c22-17-19-12-4-3-10(6-13(12)20-17)14-9-24-16(18-14)15-7-21-5-1-2-11(21)8-23-15/h3-4,6,9,11,15H,1-2,5,7-8H2,(H2,19,20,22)/t11-,15-/m0/s1.